The Bertz CT molecular complexity index is 786. The standard InChI is InChI=1S/C14H12ClNO5S/c15-12-5-8(7-20-22(18)19)1-4-10(12)13(17)11-6-16-21-14(11)9-2-3-9/h1,4-6,9,22H,2-3,7H2. The van der Waals surface area contributed by atoms with Crippen molar-refractivity contribution >= 4 is 28.4 Å². The van der Waals surface area contributed by atoms with E-state index < -0.39 is 11.0 Å². The van der Waals surface area contributed by atoms with Crippen LogP contribution in [0.25, 0.3) is 0 Å². The summed E-state index contributed by atoms with van der Waals surface area (Å²) in [5.74, 6) is 0.619. The minimum atomic E-state index is -2.92. The molecule has 8 heteroatoms. The lowest BCUT2D eigenvalue weighted by molar-refractivity contribution is 0.103. The average molecular weight is 342 g/mol. The van der Waals surface area contributed by atoms with Crippen molar-refractivity contribution in [2.24, 2.45) is 0 Å². The maximum absolute atomic E-state index is 12.5. The molecule has 1 aliphatic carbocycles. The molecular formula is C14H12ClNO5S. The Morgan fingerprint density at radius 2 is 2.14 bits per heavy atom. The van der Waals surface area contributed by atoms with Crippen molar-refractivity contribution in [2.45, 2.75) is 25.4 Å². The lowest BCUT2D eigenvalue weighted by atomic mass is 10.0. The van der Waals surface area contributed by atoms with Gasteiger partial charge in [-0.2, -0.15) is 0 Å². The molecule has 0 atom stereocenters. The highest BCUT2D eigenvalue weighted by Crippen LogP contribution is 2.42. The zero-order valence-electron chi connectivity index (χ0n) is 11.3. The second-order valence-electron chi connectivity index (χ2n) is 5.02. The molecule has 1 aromatic carbocycles. The second kappa shape index (κ2) is 6.20. The van der Waals surface area contributed by atoms with Gasteiger partial charge in [0.25, 0.3) is 11.0 Å². The van der Waals surface area contributed by atoms with Gasteiger partial charge in [-0.3, -0.25) is 8.98 Å². The van der Waals surface area contributed by atoms with Crippen LogP contribution in [0.2, 0.25) is 5.02 Å². The largest absolute Gasteiger partial charge is 0.360 e. The zero-order valence-corrected chi connectivity index (χ0v) is 13.0. The van der Waals surface area contributed by atoms with E-state index in [1.54, 1.807) is 12.1 Å². The van der Waals surface area contributed by atoms with Gasteiger partial charge in [0.05, 0.1) is 23.4 Å². The van der Waals surface area contributed by atoms with Gasteiger partial charge >= 0.3 is 0 Å². The third-order valence-electron chi connectivity index (χ3n) is 3.41. The van der Waals surface area contributed by atoms with E-state index in [0.717, 1.165) is 12.8 Å². The van der Waals surface area contributed by atoms with Gasteiger partial charge in [-0.05, 0) is 30.5 Å². The first-order chi connectivity index (χ1) is 10.6. The van der Waals surface area contributed by atoms with Gasteiger partial charge in [-0.15, -0.1) is 0 Å². The number of carbonyl (C=O) groups is 1. The van der Waals surface area contributed by atoms with Crippen molar-refractivity contribution in [2.75, 3.05) is 0 Å². The summed E-state index contributed by atoms with van der Waals surface area (Å²) in [6.45, 7) is -0.118. The average Bonchev–Trinajstić information content (AvgIpc) is 3.21. The van der Waals surface area contributed by atoms with E-state index in [4.69, 9.17) is 16.1 Å². The molecule has 1 heterocycles. The number of rotatable bonds is 6. The van der Waals surface area contributed by atoms with Crippen LogP contribution in [0.4, 0.5) is 0 Å². The Morgan fingerprint density at radius 3 is 2.77 bits per heavy atom. The summed E-state index contributed by atoms with van der Waals surface area (Å²) in [4.78, 5) is 12.5. The maximum Gasteiger partial charge on any atom is 0.257 e. The van der Waals surface area contributed by atoms with Crippen molar-refractivity contribution in [1.29, 1.82) is 0 Å². The third kappa shape index (κ3) is 3.21. The van der Waals surface area contributed by atoms with Crippen molar-refractivity contribution in [3.8, 4) is 0 Å². The van der Waals surface area contributed by atoms with Gasteiger partial charge in [0.1, 0.15) is 0 Å². The van der Waals surface area contributed by atoms with Gasteiger partial charge in [0, 0.05) is 11.5 Å². The van der Waals surface area contributed by atoms with Gasteiger partial charge in [0.2, 0.25) is 0 Å². The summed E-state index contributed by atoms with van der Waals surface area (Å²) in [7, 11) is -2.92. The molecule has 0 spiro atoms. The van der Waals surface area contributed by atoms with E-state index in [0.29, 0.717) is 22.5 Å². The van der Waals surface area contributed by atoms with Crippen LogP contribution < -0.4 is 0 Å². The summed E-state index contributed by atoms with van der Waals surface area (Å²) in [5, 5.41) is 3.93. The first kappa shape index (κ1) is 15.2. The van der Waals surface area contributed by atoms with Crippen LogP contribution in [-0.4, -0.2) is 19.4 Å². The number of hydrogen-bond donors (Lipinski definition) is 1. The number of benzene rings is 1. The lowest BCUT2D eigenvalue weighted by Gasteiger charge is -2.05. The first-order valence-corrected chi connectivity index (χ1v) is 8.08. The number of aromatic nitrogens is 1. The normalized spacial score (nSPS) is 14.5. The number of thiol groups is 1. The Labute approximate surface area is 133 Å². The minimum absolute atomic E-state index is 0.118. The van der Waals surface area contributed by atoms with E-state index >= 15 is 0 Å². The van der Waals surface area contributed by atoms with Crippen LogP contribution in [0.5, 0.6) is 0 Å². The number of hydrogen-bond acceptors (Lipinski definition) is 6. The van der Waals surface area contributed by atoms with E-state index in [9.17, 15) is 13.2 Å². The summed E-state index contributed by atoms with van der Waals surface area (Å²) < 4.78 is 30.5. The fourth-order valence-corrected chi connectivity index (χ4v) is 2.71. The van der Waals surface area contributed by atoms with E-state index in [-0.39, 0.29) is 23.3 Å². The van der Waals surface area contributed by atoms with E-state index in [2.05, 4.69) is 9.34 Å². The summed E-state index contributed by atoms with van der Waals surface area (Å²) in [6, 6.07) is 4.66. The van der Waals surface area contributed by atoms with Gasteiger partial charge in [0.15, 0.2) is 11.5 Å². The SMILES string of the molecule is O=C(c1ccc(CO[SH](=O)=O)cc1Cl)c1cnoc1C1CC1. The van der Waals surface area contributed by atoms with Crippen molar-refractivity contribution in [3.05, 3.63) is 51.9 Å². The zero-order chi connectivity index (χ0) is 15.7. The summed E-state index contributed by atoms with van der Waals surface area (Å²) in [6.07, 6.45) is 3.39. The quantitative estimate of drug-likeness (QED) is 0.641. The van der Waals surface area contributed by atoms with Crippen LogP contribution in [-0.2, 0) is 21.8 Å². The molecule has 2 aromatic rings. The maximum atomic E-state index is 12.5. The van der Waals surface area contributed by atoms with Crippen molar-refractivity contribution < 1.29 is 21.9 Å². The molecule has 1 saturated carbocycles. The van der Waals surface area contributed by atoms with Crippen LogP contribution in [0, 0.1) is 0 Å². The highest BCUT2D eigenvalue weighted by atomic mass is 35.5. The van der Waals surface area contributed by atoms with E-state index in [1.165, 1.54) is 12.3 Å². The van der Waals surface area contributed by atoms with Crippen LogP contribution >= 0.6 is 11.6 Å². The van der Waals surface area contributed by atoms with E-state index in [1.807, 2.05) is 0 Å². The number of nitrogens with zero attached hydrogens (tertiary/aromatic N) is 1. The second-order valence-corrected chi connectivity index (χ2v) is 6.13. The van der Waals surface area contributed by atoms with Gasteiger partial charge in [-0.1, -0.05) is 22.8 Å². The molecule has 22 heavy (non-hydrogen) atoms. The summed E-state index contributed by atoms with van der Waals surface area (Å²) in [5.41, 5.74) is 1.31. The predicted octanol–water partition coefficient (Wildman–Crippen LogP) is 2.48. The van der Waals surface area contributed by atoms with Crippen LogP contribution in [0.1, 0.15) is 46.0 Å². The highest BCUT2D eigenvalue weighted by Gasteiger charge is 2.33. The van der Waals surface area contributed by atoms with Crippen molar-refractivity contribution in [3.63, 3.8) is 0 Å². The molecule has 0 bridgehead atoms. The van der Waals surface area contributed by atoms with Crippen LogP contribution in [0.15, 0.2) is 28.9 Å². The molecule has 3 rings (SSSR count). The Balaban J connectivity index is 1.84. The number of carbonyl (C=O) groups excluding carboxylic acids is 1. The predicted molar refractivity (Wildman–Crippen MR) is 78.5 cm³/mol. The number of halogens is 1. The smallest absolute Gasteiger partial charge is 0.257 e. The Hall–Kier alpha value is -1.70. The third-order valence-corrected chi connectivity index (χ3v) is 4.06. The lowest BCUT2D eigenvalue weighted by Crippen LogP contribution is -2.04. The fraction of sp³-hybridized carbons (Fsp3) is 0.286. The molecule has 1 fully saturated rings. The molecule has 0 radical (unpaired) electrons. The van der Waals surface area contributed by atoms with Crippen LogP contribution in [0.3, 0.4) is 0 Å². The molecule has 0 N–H and O–H groups in total. The minimum Gasteiger partial charge on any atom is -0.360 e. The molecule has 1 aliphatic rings. The van der Waals surface area contributed by atoms with Crippen molar-refractivity contribution in [1.82, 2.24) is 5.16 Å². The van der Waals surface area contributed by atoms with Gasteiger partial charge < -0.3 is 4.52 Å². The topological polar surface area (TPSA) is 86.5 Å². The molecule has 0 amide bonds. The molecule has 6 nitrogen and oxygen atoms in total. The summed E-state index contributed by atoms with van der Waals surface area (Å²) >= 11 is 6.13. The molecule has 0 unspecified atom stereocenters. The van der Waals surface area contributed by atoms with Gasteiger partial charge in [-0.25, -0.2) is 8.42 Å². The molecule has 116 valence electrons. The first-order valence-electron chi connectivity index (χ1n) is 6.61. The molecule has 0 saturated heterocycles. The molecular weight excluding hydrogens is 330 g/mol. The Kier molecular flexibility index (Phi) is 4.28. The Morgan fingerprint density at radius 1 is 1.36 bits per heavy atom. The fourth-order valence-electron chi connectivity index (χ4n) is 2.16. The molecule has 1 aromatic heterocycles. The molecule has 0 aliphatic heterocycles. The number of ketones is 1. The monoisotopic (exact) mass is 341 g/mol. The highest BCUT2D eigenvalue weighted by molar-refractivity contribution is 7.67.